The number of carbonyl (C=O) groups excluding carboxylic acids is 1. The van der Waals surface area contributed by atoms with Gasteiger partial charge in [0, 0.05) is 16.7 Å². The lowest BCUT2D eigenvalue weighted by Gasteiger charge is -2.21. The van der Waals surface area contributed by atoms with Crippen molar-refractivity contribution in [3.63, 3.8) is 0 Å². The minimum atomic E-state index is -2.07. The molecule has 0 saturated carbocycles. The van der Waals surface area contributed by atoms with Crippen LogP contribution in [0.15, 0.2) is 84.9 Å². The van der Waals surface area contributed by atoms with E-state index in [-0.39, 0.29) is 24.3 Å². The number of esters is 1. The molecule has 0 aliphatic rings. The largest absolute Gasteiger partial charge is 0.510 e. The molecule has 0 aliphatic heterocycles. The van der Waals surface area contributed by atoms with E-state index < -0.39 is 20.1 Å². The van der Waals surface area contributed by atoms with E-state index in [1.54, 1.807) is 12.1 Å². The van der Waals surface area contributed by atoms with Gasteiger partial charge >= 0.3 is 14.0 Å². The summed E-state index contributed by atoms with van der Waals surface area (Å²) in [5, 5.41) is 10.0. The maximum Gasteiger partial charge on any atom is 0.510 e. The smallest absolute Gasteiger partial charge is 0.388 e. The zero-order valence-corrected chi connectivity index (χ0v) is 23.9. The lowest BCUT2D eigenvalue weighted by molar-refractivity contribution is -0.138. The van der Waals surface area contributed by atoms with Gasteiger partial charge in [-0.15, -0.1) is 4.52 Å². The van der Waals surface area contributed by atoms with Crippen molar-refractivity contribution >= 4 is 14.0 Å². The van der Waals surface area contributed by atoms with Crippen molar-refractivity contribution in [3.05, 3.63) is 102 Å². The van der Waals surface area contributed by atoms with Crippen LogP contribution in [-0.2, 0) is 18.6 Å². The summed E-state index contributed by atoms with van der Waals surface area (Å²) in [7, 11) is -0.804. The van der Waals surface area contributed by atoms with Crippen molar-refractivity contribution in [2.75, 3.05) is 13.3 Å². The van der Waals surface area contributed by atoms with Gasteiger partial charge in [0.2, 0.25) is 6.16 Å². The van der Waals surface area contributed by atoms with Crippen molar-refractivity contribution in [1.29, 1.82) is 0 Å². The normalized spacial score (nSPS) is 11.9. The number of pyridine rings is 1. The molecule has 1 heterocycles. The van der Waals surface area contributed by atoms with E-state index in [4.69, 9.17) is 9.72 Å². The van der Waals surface area contributed by atoms with E-state index in [1.165, 1.54) is 19.2 Å². The maximum absolute atomic E-state index is 14.0. The molecule has 4 aromatic rings. The molecule has 0 fully saturated rings. The molecule has 41 heavy (non-hydrogen) atoms. The summed E-state index contributed by atoms with van der Waals surface area (Å²) in [5.74, 6) is 1.81. The number of aliphatic hydroxyl groups is 1. The summed E-state index contributed by atoms with van der Waals surface area (Å²) in [4.78, 5) is 17.5. The van der Waals surface area contributed by atoms with E-state index in [2.05, 4.69) is 16.6 Å². The molecule has 0 aliphatic carbocycles. The van der Waals surface area contributed by atoms with Gasteiger partial charge in [-0.2, -0.15) is 0 Å². The second-order valence-corrected chi connectivity index (χ2v) is 11.0. The maximum atomic E-state index is 14.0. The number of aromatic nitrogens is 1. The van der Waals surface area contributed by atoms with E-state index in [9.17, 15) is 18.9 Å². The molecule has 0 radical (unpaired) electrons. The molecule has 0 saturated heterocycles. The van der Waals surface area contributed by atoms with E-state index in [0.29, 0.717) is 11.3 Å². The van der Waals surface area contributed by atoms with Gasteiger partial charge in [-0.3, -0.25) is 9.78 Å². The predicted molar refractivity (Wildman–Crippen MR) is 158 cm³/mol. The van der Waals surface area contributed by atoms with Gasteiger partial charge in [0.25, 0.3) is 0 Å². The molecule has 1 N–H and O–H groups in total. The predicted octanol–water partition coefficient (Wildman–Crippen LogP) is 7.34. The van der Waals surface area contributed by atoms with Gasteiger partial charge in [0.1, 0.15) is 18.0 Å². The Bertz CT molecular complexity index is 1580. The Kier molecular flexibility index (Phi) is 10.1. The number of halogens is 1. The molecule has 0 spiro atoms. The summed E-state index contributed by atoms with van der Waals surface area (Å²) in [6, 6.07) is 25.8. The van der Waals surface area contributed by atoms with Crippen LogP contribution in [0.1, 0.15) is 37.4 Å². The number of carbonyl (C=O) groups is 1. The van der Waals surface area contributed by atoms with E-state index >= 15 is 0 Å². The van der Waals surface area contributed by atoms with Gasteiger partial charge in [0.15, 0.2) is 0 Å². The number of rotatable bonds is 9. The summed E-state index contributed by atoms with van der Waals surface area (Å²) < 4.78 is 35.4. The van der Waals surface area contributed by atoms with Gasteiger partial charge < -0.3 is 9.84 Å². The Morgan fingerprint density at radius 3 is 2.10 bits per heavy atom. The molecule has 0 bridgehead atoms. The second kappa shape index (κ2) is 13.9. The van der Waals surface area contributed by atoms with Crippen LogP contribution in [0, 0.1) is 17.8 Å². The van der Waals surface area contributed by atoms with Crippen LogP contribution < -0.4 is 0 Å². The third kappa shape index (κ3) is 7.50. The van der Waals surface area contributed by atoms with Crippen molar-refractivity contribution in [1.82, 2.24) is 4.98 Å². The lowest BCUT2D eigenvalue weighted by Crippen LogP contribution is -2.16. The Hall–Kier alpha value is -4.21. The topological polar surface area (TPSA) is 85.7 Å². The quantitative estimate of drug-likeness (QED) is 0.129. The SMILES string of the molecule is CO[P+](=O)CC(O)CC(=O)OC#Cc1c(C(C)C)nc(-c2ccccc2)c(-c2ccccc2)c1-c1ccc(F)cc1. The zero-order chi connectivity index (χ0) is 29.4. The first-order valence-corrected chi connectivity index (χ1v) is 14.5. The molecule has 0 amide bonds. The number of hydrogen-bond donors (Lipinski definition) is 1. The van der Waals surface area contributed by atoms with Gasteiger partial charge in [-0.25, -0.2) is 4.39 Å². The first kappa shape index (κ1) is 29.8. The molecule has 1 aromatic heterocycles. The molecule has 8 heteroatoms. The van der Waals surface area contributed by atoms with Crippen LogP contribution in [0.5, 0.6) is 0 Å². The van der Waals surface area contributed by atoms with E-state index in [1.807, 2.05) is 74.5 Å². The van der Waals surface area contributed by atoms with Crippen LogP contribution in [-0.4, -0.2) is 35.4 Å². The van der Waals surface area contributed by atoms with Crippen LogP contribution >= 0.6 is 8.03 Å². The summed E-state index contributed by atoms with van der Waals surface area (Å²) in [6.07, 6.45) is 0.734. The summed E-state index contributed by atoms with van der Waals surface area (Å²) in [5.41, 5.74) is 6.04. The van der Waals surface area contributed by atoms with Crippen LogP contribution in [0.25, 0.3) is 33.5 Å². The number of ether oxygens (including phenoxy) is 1. The first-order chi connectivity index (χ1) is 19.8. The fourth-order valence-corrected chi connectivity index (χ4v) is 5.05. The highest BCUT2D eigenvalue weighted by Gasteiger charge is 2.26. The lowest BCUT2D eigenvalue weighted by atomic mass is 9.85. The molecule has 2 unspecified atom stereocenters. The monoisotopic (exact) mass is 570 g/mol. The van der Waals surface area contributed by atoms with Gasteiger partial charge in [-0.1, -0.05) is 86.6 Å². The number of hydrogen-bond acceptors (Lipinski definition) is 6. The molecular formula is C33H30FNO5P+. The minimum absolute atomic E-state index is 0.0614. The average molecular weight is 571 g/mol. The highest BCUT2D eigenvalue weighted by Crippen LogP contribution is 2.43. The van der Waals surface area contributed by atoms with Gasteiger partial charge in [-0.05, 0) is 39.7 Å². The molecule has 6 nitrogen and oxygen atoms in total. The molecule has 3 aromatic carbocycles. The third-order valence-corrected chi connectivity index (χ3v) is 7.45. The summed E-state index contributed by atoms with van der Waals surface area (Å²) in [6.45, 7) is 4.00. The fourth-order valence-electron chi connectivity index (χ4n) is 4.42. The number of aliphatic hydroxyl groups excluding tert-OH is 1. The first-order valence-electron chi connectivity index (χ1n) is 13.1. The Labute approximate surface area is 240 Å². The summed E-state index contributed by atoms with van der Waals surface area (Å²) >= 11 is 0. The highest BCUT2D eigenvalue weighted by molar-refractivity contribution is 7.39. The minimum Gasteiger partial charge on any atom is -0.388 e. The van der Waals surface area contributed by atoms with Crippen molar-refractivity contribution in [2.45, 2.75) is 32.3 Å². The Morgan fingerprint density at radius 1 is 0.927 bits per heavy atom. The van der Waals surface area contributed by atoms with Gasteiger partial charge in [0.05, 0.1) is 30.5 Å². The highest BCUT2D eigenvalue weighted by atomic mass is 31.1. The Balaban J connectivity index is 1.92. The molecule has 208 valence electrons. The Morgan fingerprint density at radius 2 is 1.51 bits per heavy atom. The zero-order valence-electron chi connectivity index (χ0n) is 23.0. The van der Waals surface area contributed by atoms with Crippen LogP contribution in [0.3, 0.4) is 0 Å². The number of benzene rings is 3. The van der Waals surface area contributed by atoms with E-state index in [0.717, 1.165) is 33.5 Å². The third-order valence-electron chi connectivity index (χ3n) is 6.32. The average Bonchev–Trinajstić information content (AvgIpc) is 2.97. The van der Waals surface area contributed by atoms with Crippen molar-refractivity contribution in [2.24, 2.45) is 0 Å². The number of nitrogens with zero attached hydrogens (tertiary/aromatic N) is 1. The fraction of sp³-hybridized carbons (Fsp3) is 0.212. The molecule has 2 atom stereocenters. The van der Waals surface area contributed by atoms with Crippen molar-refractivity contribution in [3.8, 4) is 45.5 Å². The second-order valence-electron chi connectivity index (χ2n) is 9.62. The molecular weight excluding hydrogens is 540 g/mol. The van der Waals surface area contributed by atoms with Crippen LogP contribution in [0.4, 0.5) is 4.39 Å². The standard InChI is InChI=1S/C33H30FNO5P/c1-22(2)32-28(18-19-40-29(37)20-27(36)21-41(38)39-3)30(24-14-16-26(34)17-15-24)31(23-10-6-4-7-11-23)33(35-32)25-12-8-5-9-13-25/h4-17,22,27,36H,20-21H2,1-3H3/q+1. The van der Waals surface area contributed by atoms with Crippen molar-refractivity contribution < 1.29 is 28.1 Å². The van der Waals surface area contributed by atoms with Crippen LogP contribution in [0.2, 0.25) is 0 Å². The molecule has 4 rings (SSSR count).